The van der Waals surface area contributed by atoms with Gasteiger partial charge in [0.2, 0.25) is 0 Å². The van der Waals surface area contributed by atoms with Crippen molar-refractivity contribution in [2.24, 2.45) is 11.8 Å². The predicted octanol–water partition coefficient (Wildman–Crippen LogP) is 6.70. The van der Waals surface area contributed by atoms with Crippen LogP contribution in [0.2, 0.25) is 0 Å². The van der Waals surface area contributed by atoms with Crippen molar-refractivity contribution >= 4 is 6.03 Å². The number of hydrogen-bond acceptors (Lipinski definition) is 2. The van der Waals surface area contributed by atoms with Gasteiger partial charge in [-0.3, -0.25) is 4.57 Å². The Balaban J connectivity index is 1.44. The highest BCUT2D eigenvalue weighted by molar-refractivity contribution is 5.76. The van der Waals surface area contributed by atoms with Gasteiger partial charge in [-0.25, -0.2) is 9.78 Å². The van der Waals surface area contributed by atoms with Crippen molar-refractivity contribution in [1.82, 2.24) is 14.9 Å². The predicted molar refractivity (Wildman–Crippen MR) is 115 cm³/mol. The largest absolute Gasteiger partial charge is 0.335 e. The number of hydrogen-bond donors (Lipinski definition) is 1. The van der Waals surface area contributed by atoms with Crippen molar-refractivity contribution < 1.29 is 4.79 Å². The van der Waals surface area contributed by atoms with E-state index in [0.29, 0.717) is 6.04 Å². The normalized spacial score (nSPS) is 27.0. The van der Waals surface area contributed by atoms with Gasteiger partial charge in [-0.05, 0) is 24.7 Å². The molecule has 1 aromatic heterocycles. The molecule has 2 saturated carbocycles. The first-order valence-electron chi connectivity index (χ1n) is 12.1. The lowest BCUT2D eigenvalue weighted by atomic mass is 9.76. The number of nitrogens with zero attached hydrogens (tertiary/aromatic N) is 2. The molecule has 158 valence electrons. The van der Waals surface area contributed by atoms with Gasteiger partial charge in [-0.15, -0.1) is 0 Å². The second kappa shape index (κ2) is 12.3. The molecule has 0 saturated heterocycles. The van der Waals surface area contributed by atoms with Crippen LogP contribution in [-0.2, 0) is 0 Å². The summed E-state index contributed by atoms with van der Waals surface area (Å²) in [6.45, 7) is 0. The molecule has 2 aliphatic rings. The van der Waals surface area contributed by atoms with Gasteiger partial charge in [0, 0.05) is 18.4 Å². The van der Waals surface area contributed by atoms with Crippen molar-refractivity contribution in [1.29, 1.82) is 0 Å². The van der Waals surface area contributed by atoms with Crippen LogP contribution in [0, 0.1) is 11.8 Å². The molecule has 0 spiro atoms. The SMILES string of the molecule is O=C(NC1CCCC(C2CCCCCCCCCCC2)CCC1)n1ccnc1. The van der Waals surface area contributed by atoms with E-state index in [9.17, 15) is 4.79 Å². The smallest absolute Gasteiger partial charge is 0.327 e. The number of rotatable bonds is 2. The van der Waals surface area contributed by atoms with Crippen LogP contribution in [-0.4, -0.2) is 21.6 Å². The van der Waals surface area contributed by atoms with Crippen molar-refractivity contribution in [3.8, 4) is 0 Å². The van der Waals surface area contributed by atoms with Crippen LogP contribution in [0.4, 0.5) is 4.79 Å². The van der Waals surface area contributed by atoms with Crippen molar-refractivity contribution in [3.05, 3.63) is 18.7 Å². The molecule has 2 fully saturated rings. The lowest BCUT2D eigenvalue weighted by molar-refractivity contribution is 0.211. The van der Waals surface area contributed by atoms with E-state index in [-0.39, 0.29) is 6.03 Å². The molecule has 0 aliphatic heterocycles. The fourth-order valence-electron chi connectivity index (χ4n) is 5.45. The Labute approximate surface area is 171 Å². The van der Waals surface area contributed by atoms with Crippen LogP contribution < -0.4 is 5.32 Å². The highest BCUT2D eigenvalue weighted by Gasteiger charge is 2.24. The zero-order chi connectivity index (χ0) is 19.4. The Kier molecular flexibility index (Phi) is 9.39. The summed E-state index contributed by atoms with van der Waals surface area (Å²) in [5.41, 5.74) is 0. The van der Waals surface area contributed by atoms with Gasteiger partial charge >= 0.3 is 6.03 Å². The van der Waals surface area contributed by atoms with Crippen LogP contribution in [0.15, 0.2) is 18.7 Å². The molecule has 1 heterocycles. The Morgan fingerprint density at radius 3 is 1.71 bits per heavy atom. The van der Waals surface area contributed by atoms with Gasteiger partial charge in [0.15, 0.2) is 0 Å². The summed E-state index contributed by atoms with van der Waals surface area (Å²) in [6.07, 6.45) is 28.5. The highest BCUT2D eigenvalue weighted by atomic mass is 16.2. The van der Waals surface area contributed by atoms with E-state index in [1.54, 1.807) is 23.3 Å². The molecule has 0 radical (unpaired) electrons. The van der Waals surface area contributed by atoms with Crippen LogP contribution in [0.25, 0.3) is 0 Å². The summed E-state index contributed by atoms with van der Waals surface area (Å²) in [5, 5.41) is 3.21. The molecule has 4 heteroatoms. The van der Waals surface area contributed by atoms with Gasteiger partial charge in [0.1, 0.15) is 6.33 Å². The van der Waals surface area contributed by atoms with Crippen molar-refractivity contribution in [2.45, 2.75) is 115 Å². The third-order valence-corrected chi connectivity index (χ3v) is 7.14. The molecule has 1 aromatic rings. The maximum Gasteiger partial charge on any atom is 0.327 e. The van der Waals surface area contributed by atoms with Gasteiger partial charge in [0.25, 0.3) is 0 Å². The monoisotopic (exact) mass is 387 g/mol. The van der Waals surface area contributed by atoms with E-state index in [2.05, 4.69) is 10.3 Å². The molecule has 4 nitrogen and oxygen atoms in total. The molecule has 28 heavy (non-hydrogen) atoms. The zero-order valence-electron chi connectivity index (χ0n) is 17.8. The maximum absolute atomic E-state index is 12.3. The molecule has 1 N–H and O–H groups in total. The molecule has 3 rings (SSSR count). The average Bonchev–Trinajstić information content (AvgIpc) is 3.19. The number of carbonyl (C=O) groups is 1. The topological polar surface area (TPSA) is 46.9 Å². The van der Waals surface area contributed by atoms with Gasteiger partial charge in [-0.1, -0.05) is 96.3 Å². The molecule has 2 aliphatic carbocycles. The summed E-state index contributed by atoms with van der Waals surface area (Å²) in [6, 6.07) is 0.297. The first kappa shape index (κ1) is 21.4. The van der Waals surface area contributed by atoms with E-state index in [4.69, 9.17) is 0 Å². The Bertz CT molecular complexity index is 520. The van der Waals surface area contributed by atoms with Gasteiger partial charge in [-0.2, -0.15) is 0 Å². The summed E-state index contributed by atoms with van der Waals surface area (Å²) < 4.78 is 1.55. The van der Waals surface area contributed by atoms with E-state index < -0.39 is 0 Å². The van der Waals surface area contributed by atoms with Crippen molar-refractivity contribution in [2.75, 3.05) is 0 Å². The zero-order valence-corrected chi connectivity index (χ0v) is 17.8. The first-order chi connectivity index (χ1) is 13.8. The molecular formula is C24H41N3O. The minimum absolute atomic E-state index is 0.0288. The third-order valence-electron chi connectivity index (χ3n) is 7.14. The molecule has 0 aromatic carbocycles. The number of imidazole rings is 1. The molecule has 0 atom stereocenters. The van der Waals surface area contributed by atoms with E-state index in [1.807, 2.05) is 0 Å². The number of aromatic nitrogens is 2. The highest BCUT2D eigenvalue weighted by Crippen LogP contribution is 2.35. The number of nitrogens with one attached hydrogen (secondary N) is 1. The van der Waals surface area contributed by atoms with Gasteiger partial charge < -0.3 is 5.32 Å². The second-order valence-corrected chi connectivity index (χ2v) is 9.26. The van der Waals surface area contributed by atoms with E-state index >= 15 is 0 Å². The van der Waals surface area contributed by atoms with Crippen molar-refractivity contribution in [3.63, 3.8) is 0 Å². The summed E-state index contributed by atoms with van der Waals surface area (Å²) in [7, 11) is 0. The quantitative estimate of drug-likeness (QED) is 0.613. The number of amides is 1. The standard InChI is InChI=1S/C24H41N3O/c28-24(27-19-18-25-20-27)26-23-16-10-14-22(15-11-17-23)21-12-8-6-4-2-1-3-5-7-9-13-21/h18-23H,1-17H2,(H,26,28). The molecule has 0 unspecified atom stereocenters. The van der Waals surface area contributed by atoms with Crippen LogP contribution in [0.1, 0.15) is 109 Å². The second-order valence-electron chi connectivity index (χ2n) is 9.26. The van der Waals surface area contributed by atoms with Crippen LogP contribution in [0.5, 0.6) is 0 Å². The average molecular weight is 388 g/mol. The molecule has 0 bridgehead atoms. The third kappa shape index (κ3) is 7.25. The van der Waals surface area contributed by atoms with Gasteiger partial charge in [0.05, 0.1) is 0 Å². The fraction of sp³-hybridized carbons (Fsp3) is 0.833. The Morgan fingerprint density at radius 2 is 1.21 bits per heavy atom. The Hall–Kier alpha value is -1.32. The summed E-state index contributed by atoms with van der Waals surface area (Å²) in [5.74, 6) is 1.88. The first-order valence-corrected chi connectivity index (χ1v) is 12.1. The lowest BCUT2D eigenvalue weighted by Crippen LogP contribution is -2.38. The minimum atomic E-state index is -0.0288. The lowest BCUT2D eigenvalue weighted by Gasteiger charge is -2.31. The van der Waals surface area contributed by atoms with E-state index in [1.165, 1.54) is 96.3 Å². The van der Waals surface area contributed by atoms with Crippen LogP contribution >= 0.6 is 0 Å². The summed E-state index contributed by atoms with van der Waals surface area (Å²) >= 11 is 0. The Morgan fingerprint density at radius 1 is 0.714 bits per heavy atom. The maximum atomic E-state index is 12.3. The summed E-state index contributed by atoms with van der Waals surface area (Å²) in [4.78, 5) is 16.3. The fourth-order valence-corrected chi connectivity index (χ4v) is 5.45. The minimum Gasteiger partial charge on any atom is -0.335 e. The van der Waals surface area contributed by atoms with E-state index in [0.717, 1.165) is 24.7 Å². The molecule has 1 amide bonds. The number of carbonyl (C=O) groups excluding carboxylic acids is 1. The molecular weight excluding hydrogens is 346 g/mol. The van der Waals surface area contributed by atoms with Crippen LogP contribution in [0.3, 0.4) is 0 Å².